The first-order valence-corrected chi connectivity index (χ1v) is 11.3. The van der Waals surface area contributed by atoms with Crippen LogP contribution in [0.2, 0.25) is 0 Å². The molecule has 1 aromatic heterocycles. The van der Waals surface area contributed by atoms with E-state index >= 15 is 0 Å². The zero-order valence-corrected chi connectivity index (χ0v) is 19.3. The molecule has 3 unspecified atom stereocenters. The maximum Gasteiger partial charge on any atom is 0.233 e. The van der Waals surface area contributed by atoms with E-state index in [2.05, 4.69) is 71.1 Å². The molecule has 3 aromatic rings. The summed E-state index contributed by atoms with van der Waals surface area (Å²) in [4.78, 5) is 24.3. The molecule has 31 heavy (non-hydrogen) atoms. The van der Waals surface area contributed by atoms with Gasteiger partial charge in [0.25, 0.3) is 0 Å². The molecule has 1 saturated carbocycles. The first kappa shape index (κ1) is 20.2. The van der Waals surface area contributed by atoms with Gasteiger partial charge in [0.1, 0.15) is 0 Å². The topological polar surface area (TPSA) is 54.9 Å². The maximum absolute atomic E-state index is 14.0. The van der Waals surface area contributed by atoms with Gasteiger partial charge >= 0.3 is 0 Å². The number of aryl methyl sites for hydroxylation is 2. The highest BCUT2D eigenvalue weighted by atomic mass is 16.2. The average molecular weight is 414 g/mol. The van der Waals surface area contributed by atoms with Crippen molar-refractivity contribution in [2.75, 3.05) is 0 Å². The van der Waals surface area contributed by atoms with E-state index in [4.69, 9.17) is 9.97 Å². The highest BCUT2D eigenvalue weighted by Crippen LogP contribution is 2.70. The van der Waals surface area contributed by atoms with Gasteiger partial charge in [0.2, 0.25) is 5.91 Å². The summed E-state index contributed by atoms with van der Waals surface area (Å²) in [6.45, 7) is 13.0. The number of fused-ring (bicyclic) bond motifs is 6. The van der Waals surface area contributed by atoms with Gasteiger partial charge in [-0.15, -0.1) is 0 Å². The monoisotopic (exact) mass is 413 g/mol. The average Bonchev–Trinajstić information content (AvgIpc) is 3.03. The number of hydrogen-bond donors (Lipinski definition) is 1. The fraction of sp³-hybridized carbons (Fsp3) is 0.444. The summed E-state index contributed by atoms with van der Waals surface area (Å²) in [5.41, 5.74) is 6.14. The normalized spacial score (nSPS) is 26.6. The van der Waals surface area contributed by atoms with Crippen LogP contribution in [0.25, 0.3) is 11.0 Å². The van der Waals surface area contributed by atoms with Crippen molar-refractivity contribution in [3.05, 3.63) is 70.5 Å². The van der Waals surface area contributed by atoms with Crippen molar-refractivity contribution < 1.29 is 4.79 Å². The Hall–Kier alpha value is -2.75. The Bertz CT molecular complexity index is 1220. The highest BCUT2D eigenvalue weighted by molar-refractivity contribution is 5.93. The van der Waals surface area contributed by atoms with Crippen LogP contribution in [0.3, 0.4) is 0 Å². The van der Waals surface area contributed by atoms with Gasteiger partial charge in [0.15, 0.2) is 0 Å². The third kappa shape index (κ3) is 2.45. The van der Waals surface area contributed by atoms with Gasteiger partial charge in [0, 0.05) is 5.41 Å². The van der Waals surface area contributed by atoms with Crippen molar-refractivity contribution in [2.45, 2.75) is 71.3 Å². The Labute approximate surface area is 184 Å². The zero-order valence-electron chi connectivity index (χ0n) is 19.3. The van der Waals surface area contributed by atoms with E-state index in [1.54, 1.807) is 0 Å². The predicted octanol–water partition coefficient (Wildman–Crippen LogP) is 5.45. The van der Waals surface area contributed by atoms with E-state index in [0.717, 1.165) is 40.8 Å². The molecular formula is C27H31N3O. The summed E-state index contributed by atoms with van der Waals surface area (Å²) in [7, 11) is 0. The third-order valence-corrected chi connectivity index (χ3v) is 8.69. The second kappa shape index (κ2) is 6.38. The van der Waals surface area contributed by atoms with Crippen molar-refractivity contribution in [1.82, 2.24) is 15.3 Å². The Balaban J connectivity index is 1.66. The molecule has 0 saturated heterocycles. The highest BCUT2D eigenvalue weighted by Gasteiger charge is 2.73. The van der Waals surface area contributed by atoms with Crippen molar-refractivity contribution in [3.8, 4) is 0 Å². The molecule has 4 nitrogen and oxygen atoms in total. The maximum atomic E-state index is 14.0. The molecule has 1 fully saturated rings. The van der Waals surface area contributed by atoms with Gasteiger partial charge in [-0.05, 0) is 67.9 Å². The number of amides is 1. The molecule has 1 amide bonds. The Morgan fingerprint density at radius 3 is 2.13 bits per heavy atom. The third-order valence-electron chi connectivity index (χ3n) is 8.69. The molecule has 1 heterocycles. The molecule has 2 bridgehead atoms. The summed E-state index contributed by atoms with van der Waals surface area (Å²) >= 11 is 0. The molecule has 0 aliphatic heterocycles. The number of carbonyl (C=O) groups is 1. The molecule has 4 heteroatoms. The largest absolute Gasteiger partial charge is 0.349 e. The first-order valence-electron chi connectivity index (χ1n) is 11.3. The molecule has 0 spiro atoms. The van der Waals surface area contributed by atoms with Gasteiger partial charge in [-0.1, -0.05) is 51.1 Å². The first-order chi connectivity index (χ1) is 14.6. The van der Waals surface area contributed by atoms with Gasteiger partial charge < -0.3 is 5.32 Å². The molecule has 2 aliphatic carbocycles. The summed E-state index contributed by atoms with van der Waals surface area (Å²) in [6, 6.07) is 14.3. The van der Waals surface area contributed by atoms with E-state index in [9.17, 15) is 4.79 Å². The van der Waals surface area contributed by atoms with E-state index in [1.165, 1.54) is 11.1 Å². The number of nitrogens with one attached hydrogen (secondary N) is 1. The van der Waals surface area contributed by atoms with E-state index < -0.39 is 5.41 Å². The van der Waals surface area contributed by atoms with Crippen LogP contribution in [-0.4, -0.2) is 15.9 Å². The minimum Gasteiger partial charge on any atom is -0.349 e. The molecule has 160 valence electrons. The van der Waals surface area contributed by atoms with Gasteiger partial charge in [-0.2, -0.15) is 0 Å². The van der Waals surface area contributed by atoms with Crippen molar-refractivity contribution in [1.29, 1.82) is 0 Å². The van der Waals surface area contributed by atoms with Crippen LogP contribution in [0.1, 0.15) is 74.7 Å². The number of carbonyl (C=O) groups excluding carboxylic acids is 1. The summed E-state index contributed by atoms with van der Waals surface area (Å²) < 4.78 is 0. The Morgan fingerprint density at radius 1 is 0.935 bits per heavy atom. The summed E-state index contributed by atoms with van der Waals surface area (Å²) in [5.74, 6) is 0.0776. The smallest absolute Gasteiger partial charge is 0.233 e. The number of benzene rings is 2. The van der Waals surface area contributed by atoms with Crippen molar-refractivity contribution in [2.24, 2.45) is 5.41 Å². The number of rotatable bonds is 3. The van der Waals surface area contributed by atoms with Crippen molar-refractivity contribution in [3.63, 3.8) is 0 Å². The predicted molar refractivity (Wildman–Crippen MR) is 124 cm³/mol. The lowest BCUT2D eigenvalue weighted by Gasteiger charge is -2.40. The molecular weight excluding hydrogens is 382 g/mol. The van der Waals surface area contributed by atoms with Crippen LogP contribution < -0.4 is 5.32 Å². The fourth-order valence-electron chi connectivity index (χ4n) is 6.01. The van der Waals surface area contributed by atoms with Crippen LogP contribution in [0.15, 0.2) is 42.5 Å². The Morgan fingerprint density at radius 2 is 1.52 bits per heavy atom. The number of aromatic nitrogens is 2. The van der Waals surface area contributed by atoms with Gasteiger partial charge in [-0.25, -0.2) is 9.97 Å². The van der Waals surface area contributed by atoms with Crippen LogP contribution in [0.4, 0.5) is 0 Å². The number of hydrogen-bond acceptors (Lipinski definition) is 3. The summed E-state index contributed by atoms with van der Waals surface area (Å²) in [6.07, 6.45) is 1.76. The van der Waals surface area contributed by atoms with Crippen LogP contribution >= 0.6 is 0 Å². The fourth-order valence-corrected chi connectivity index (χ4v) is 6.01. The minimum atomic E-state index is -0.667. The van der Waals surface area contributed by atoms with E-state index in [-0.39, 0.29) is 22.8 Å². The summed E-state index contributed by atoms with van der Waals surface area (Å²) in [5, 5.41) is 3.33. The van der Waals surface area contributed by atoms with Crippen LogP contribution in [0.5, 0.6) is 0 Å². The molecule has 0 radical (unpaired) electrons. The minimum absolute atomic E-state index is 0.0620. The second-order valence-corrected chi connectivity index (χ2v) is 10.3. The standard InChI is InChI=1S/C27H31N3O/c1-16-14-20-21(15-17(16)2)30-23-22(29-20)26(6)12-13-27(23,25(26,4)5)24(31)28-18(3)19-10-8-7-9-11-19/h7-11,14-15,18H,12-13H2,1-6H3,(H,28,31). The van der Waals surface area contributed by atoms with Crippen LogP contribution in [0, 0.1) is 19.3 Å². The van der Waals surface area contributed by atoms with Gasteiger partial charge in [-0.3, -0.25) is 4.79 Å². The quantitative estimate of drug-likeness (QED) is 0.621. The lowest BCUT2D eigenvalue weighted by atomic mass is 9.63. The van der Waals surface area contributed by atoms with Crippen molar-refractivity contribution >= 4 is 16.9 Å². The second-order valence-electron chi connectivity index (χ2n) is 10.3. The molecule has 5 rings (SSSR count). The lowest BCUT2D eigenvalue weighted by molar-refractivity contribution is -0.131. The molecule has 2 aromatic carbocycles. The zero-order chi connectivity index (χ0) is 22.2. The molecule has 1 N–H and O–H groups in total. The number of nitrogens with zero attached hydrogens (tertiary/aromatic N) is 2. The van der Waals surface area contributed by atoms with Crippen LogP contribution in [-0.2, 0) is 15.6 Å². The van der Waals surface area contributed by atoms with Gasteiger partial charge in [0.05, 0.1) is 33.9 Å². The van der Waals surface area contributed by atoms with E-state index in [0.29, 0.717) is 0 Å². The lowest BCUT2D eigenvalue weighted by Crippen LogP contribution is -2.51. The SMILES string of the molecule is Cc1cc2nc3c(nc2cc1C)C1(C(=O)NC(C)c2ccccc2)CCC3(C)C1(C)C. The van der Waals surface area contributed by atoms with E-state index in [1.807, 2.05) is 18.2 Å². The molecule has 2 aliphatic rings. The molecule has 3 atom stereocenters. The Kier molecular flexibility index (Phi) is 4.15.